The van der Waals surface area contributed by atoms with Gasteiger partial charge in [0.25, 0.3) is 0 Å². The number of nitrogens with zero attached hydrogens (tertiary/aromatic N) is 1. The summed E-state index contributed by atoms with van der Waals surface area (Å²) in [7, 11) is 0. The Kier molecular flexibility index (Phi) is 3.48. The average molecular weight is 328 g/mol. The second-order valence-corrected chi connectivity index (χ2v) is 5.16. The second kappa shape index (κ2) is 5.43. The van der Waals surface area contributed by atoms with Gasteiger partial charge in [0.2, 0.25) is 5.89 Å². The molecule has 2 aromatic carbocycles. The van der Waals surface area contributed by atoms with E-state index in [9.17, 15) is 4.79 Å². The van der Waals surface area contributed by atoms with Crippen molar-refractivity contribution in [3.05, 3.63) is 74.9 Å². The van der Waals surface area contributed by atoms with Crippen LogP contribution >= 0.6 is 15.9 Å². The first-order valence-electron chi connectivity index (χ1n) is 6.06. The van der Waals surface area contributed by atoms with Gasteiger partial charge in [0.1, 0.15) is 0 Å². The lowest BCUT2D eigenvalue weighted by Gasteiger charge is -1.98. The summed E-state index contributed by atoms with van der Waals surface area (Å²) in [5.74, 6) is 0.300. The van der Waals surface area contributed by atoms with E-state index < -0.39 is 0 Å². The molecule has 98 valence electrons. The smallest absolute Gasteiger partial charge is 0.347 e. The third-order valence-electron chi connectivity index (χ3n) is 2.82. The van der Waals surface area contributed by atoms with Gasteiger partial charge in [0.05, 0.1) is 10.9 Å². The third kappa shape index (κ3) is 2.70. The molecule has 1 aromatic heterocycles. The van der Waals surface area contributed by atoms with E-state index in [1.807, 2.05) is 42.5 Å². The first-order chi connectivity index (χ1) is 9.72. The number of hydrogen-bond donors (Lipinski definition) is 0. The number of rotatable bonds is 2. The van der Waals surface area contributed by atoms with Crippen LogP contribution in [0.2, 0.25) is 0 Å². The molecule has 20 heavy (non-hydrogen) atoms. The molecule has 0 unspecified atom stereocenters. The summed E-state index contributed by atoms with van der Waals surface area (Å²) < 4.78 is 6.02. The van der Waals surface area contributed by atoms with E-state index >= 15 is 0 Å². The minimum atomic E-state index is -0.385. The van der Waals surface area contributed by atoms with E-state index in [0.29, 0.717) is 16.8 Å². The monoisotopic (exact) mass is 327 g/mol. The summed E-state index contributed by atoms with van der Waals surface area (Å²) in [5.41, 5.74) is 1.26. The van der Waals surface area contributed by atoms with Crippen LogP contribution in [0.3, 0.4) is 0 Å². The van der Waals surface area contributed by atoms with Crippen molar-refractivity contribution in [2.75, 3.05) is 0 Å². The number of hydrogen-bond acceptors (Lipinski definition) is 3. The molecule has 0 radical (unpaired) electrons. The molecule has 0 saturated carbocycles. The molecule has 0 atom stereocenters. The van der Waals surface area contributed by atoms with E-state index in [2.05, 4.69) is 20.9 Å². The maximum Gasteiger partial charge on any atom is 0.347 e. The number of halogens is 1. The van der Waals surface area contributed by atoms with Crippen LogP contribution in [0.4, 0.5) is 0 Å². The molecule has 0 saturated heterocycles. The second-order valence-electron chi connectivity index (χ2n) is 4.25. The van der Waals surface area contributed by atoms with Crippen LogP contribution in [0.1, 0.15) is 11.5 Å². The number of fused-ring (bicyclic) bond motifs is 1. The van der Waals surface area contributed by atoms with Crippen LogP contribution in [-0.4, -0.2) is 4.98 Å². The normalized spacial score (nSPS) is 11.2. The quantitative estimate of drug-likeness (QED) is 0.711. The van der Waals surface area contributed by atoms with E-state index in [0.717, 1.165) is 10.0 Å². The Bertz CT molecular complexity index is 838. The molecule has 3 rings (SSSR count). The molecule has 1 heterocycles. The van der Waals surface area contributed by atoms with E-state index in [4.69, 9.17) is 4.42 Å². The molecule has 0 amide bonds. The van der Waals surface area contributed by atoms with Crippen molar-refractivity contribution in [3.63, 3.8) is 0 Å². The van der Waals surface area contributed by atoms with Gasteiger partial charge in [0.15, 0.2) is 0 Å². The molecule has 3 aromatic rings. The maximum absolute atomic E-state index is 11.9. The summed E-state index contributed by atoms with van der Waals surface area (Å²) in [4.78, 5) is 16.2. The van der Waals surface area contributed by atoms with Crippen molar-refractivity contribution in [1.29, 1.82) is 0 Å². The largest absolute Gasteiger partial charge is 0.404 e. The van der Waals surface area contributed by atoms with Gasteiger partial charge < -0.3 is 4.42 Å². The molecule has 0 spiro atoms. The molecular weight excluding hydrogens is 318 g/mol. The number of benzene rings is 2. The average Bonchev–Trinajstić information content (AvgIpc) is 2.47. The van der Waals surface area contributed by atoms with Crippen molar-refractivity contribution < 1.29 is 4.42 Å². The first-order valence-corrected chi connectivity index (χ1v) is 6.85. The highest BCUT2D eigenvalue weighted by atomic mass is 79.9. The van der Waals surface area contributed by atoms with Crippen LogP contribution in [0.15, 0.2) is 62.2 Å². The Labute approximate surface area is 123 Å². The summed E-state index contributed by atoms with van der Waals surface area (Å²) in [6.45, 7) is 0. The predicted octanol–water partition coefficient (Wildman–Crippen LogP) is 4.12. The van der Waals surface area contributed by atoms with Crippen molar-refractivity contribution in [3.8, 4) is 0 Å². The zero-order valence-corrected chi connectivity index (χ0v) is 12.0. The lowest BCUT2D eigenvalue weighted by Crippen LogP contribution is -2.02. The molecule has 0 aliphatic carbocycles. The van der Waals surface area contributed by atoms with Gasteiger partial charge in [-0.15, -0.1) is 0 Å². The highest BCUT2D eigenvalue weighted by Crippen LogP contribution is 2.16. The van der Waals surface area contributed by atoms with Gasteiger partial charge in [-0.1, -0.05) is 46.3 Å². The third-order valence-corrected chi connectivity index (χ3v) is 3.32. The zero-order chi connectivity index (χ0) is 13.9. The molecule has 0 fully saturated rings. The zero-order valence-electron chi connectivity index (χ0n) is 10.4. The van der Waals surface area contributed by atoms with Gasteiger partial charge >= 0.3 is 5.63 Å². The Morgan fingerprint density at radius 2 is 1.85 bits per heavy atom. The van der Waals surface area contributed by atoms with Crippen molar-refractivity contribution in [2.24, 2.45) is 0 Å². The van der Waals surface area contributed by atoms with Crippen LogP contribution < -0.4 is 5.63 Å². The van der Waals surface area contributed by atoms with Crippen molar-refractivity contribution >= 4 is 39.0 Å². The fourth-order valence-electron chi connectivity index (χ4n) is 1.86. The minimum absolute atomic E-state index is 0.300. The Morgan fingerprint density at radius 1 is 1.05 bits per heavy atom. The topological polar surface area (TPSA) is 43.1 Å². The molecular formula is C16H10BrNO2. The predicted molar refractivity (Wildman–Crippen MR) is 83.3 cm³/mol. The Hall–Kier alpha value is -2.20. The standard InChI is InChI=1S/C16H10BrNO2/c17-12-7-8-14-13(10-12)16(19)20-15(18-14)9-6-11-4-2-1-3-5-11/h1-10H/b9-6-. The van der Waals surface area contributed by atoms with Crippen molar-refractivity contribution in [2.45, 2.75) is 0 Å². The van der Waals surface area contributed by atoms with E-state index in [1.54, 1.807) is 18.2 Å². The lowest BCUT2D eigenvalue weighted by molar-refractivity contribution is 0.490. The van der Waals surface area contributed by atoms with Gasteiger partial charge in [-0.05, 0) is 29.8 Å². The van der Waals surface area contributed by atoms with Gasteiger partial charge in [-0.2, -0.15) is 0 Å². The highest BCUT2D eigenvalue weighted by Gasteiger charge is 2.04. The molecule has 0 aliphatic rings. The van der Waals surface area contributed by atoms with E-state index in [-0.39, 0.29) is 5.63 Å². The summed E-state index contributed by atoms with van der Waals surface area (Å²) in [5, 5.41) is 0.469. The highest BCUT2D eigenvalue weighted by molar-refractivity contribution is 9.10. The van der Waals surface area contributed by atoms with Gasteiger partial charge in [0, 0.05) is 10.5 Å². The summed E-state index contributed by atoms with van der Waals surface area (Å²) in [6, 6.07) is 15.1. The van der Waals surface area contributed by atoms with Crippen LogP contribution in [0, 0.1) is 0 Å². The maximum atomic E-state index is 11.9. The van der Waals surface area contributed by atoms with Crippen LogP contribution in [0.5, 0.6) is 0 Å². The van der Waals surface area contributed by atoms with Crippen molar-refractivity contribution in [1.82, 2.24) is 4.98 Å². The first kappa shape index (κ1) is 12.8. The molecule has 3 nitrogen and oxygen atoms in total. The minimum Gasteiger partial charge on any atom is -0.404 e. The SMILES string of the molecule is O=c1oc(/C=C\c2ccccc2)nc2ccc(Br)cc12. The van der Waals surface area contributed by atoms with E-state index in [1.165, 1.54) is 0 Å². The molecule has 0 bridgehead atoms. The Balaban J connectivity index is 2.03. The number of aromatic nitrogens is 1. The fraction of sp³-hybridized carbons (Fsp3) is 0. The van der Waals surface area contributed by atoms with Gasteiger partial charge in [-0.3, -0.25) is 0 Å². The molecule has 0 N–H and O–H groups in total. The summed E-state index contributed by atoms with van der Waals surface area (Å²) in [6.07, 6.45) is 3.55. The lowest BCUT2D eigenvalue weighted by atomic mass is 10.2. The summed E-state index contributed by atoms with van der Waals surface area (Å²) >= 11 is 3.32. The Morgan fingerprint density at radius 3 is 2.65 bits per heavy atom. The molecule has 4 heteroatoms. The van der Waals surface area contributed by atoms with Crippen LogP contribution in [-0.2, 0) is 0 Å². The molecule has 0 aliphatic heterocycles. The van der Waals surface area contributed by atoms with Gasteiger partial charge in [-0.25, -0.2) is 9.78 Å². The van der Waals surface area contributed by atoms with Crippen LogP contribution in [0.25, 0.3) is 23.1 Å². The fourth-order valence-corrected chi connectivity index (χ4v) is 2.22.